The van der Waals surface area contributed by atoms with Crippen LogP contribution < -0.4 is 5.14 Å². The first-order chi connectivity index (χ1) is 10.3. The van der Waals surface area contributed by atoms with Crippen molar-refractivity contribution in [2.75, 3.05) is 32.4 Å². The van der Waals surface area contributed by atoms with E-state index >= 15 is 0 Å². The fourth-order valence-electron chi connectivity index (χ4n) is 3.30. The van der Waals surface area contributed by atoms with Crippen molar-refractivity contribution in [2.24, 2.45) is 11.1 Å². The molecule has 0 amide bonds. The van der Waals surface area contributed by atoms with Gasteiger partial charge in [0.25, 0.3) is 0 Å². The lowest BCUT2D eigenvalue weighted by atomic mass is 9.92. The van der Waals surface area contributed by atoms with Crippen LogP contribution in [0.25, 0.3) is 0 Å². The molecule has 0 bridgehead atoms. The highest BCUT2D eigenvalue weighted by atomic mass is 32.2. The fourth-order valence-corrected chi connectivity index (χ4v) is 3.84. The van der Waals surface area contributed by atoms with Gasteiger partial charge in [-0.05, 0) is 31.5 Å². The highest BCUT2D eigenvalue weighted by Crippen LogP contribution is 2.22. The molecular formula is C16H27N3O2S. The predicted molar refractivity (Wildman–Crippen MR) is 89.9 cm³/mol. The summed E-state index contributed by atoms with van der Waals surface area (Å²) in [6, 6.07) is 10.9. The van der Waals surface area contributed by atoms with Gasteiger partial charge in [-0.1, -0.05) is 37.3 Å². The molecular weight excluding hydrogens is 298 g/mol. The lowest BCUT2D eigenvalue weighted by molar-refractivity contribution is 0.0793. The molecule has 0 unspecified atom stereocenters. The van der Waals surface area contributed by atoms with Gasteiger partial charge in [0.05, 0.1) is 5.75 Å². The molecule has 1 heterocycles. The molecule has 22 heavy (non-hydrogen) atoms. The van der Waals surface area contributed by atoms with E-state index in [1.165, 1.54) is 5.56 Å². The molecule has 5 nitrogen and oxygen atoms in total. The Bertz CT molecular complexity index is 562. The zero-order chi connectivity index (χ0) is 16.2. The Morgan fingerprint density at radius 3 is 2.59 bits per heavy atom. The molecule has 2 rings (SSSR count). The molecule has 2 atom stereocenters. The summed E-state index contributed by atoms with van der Waals surface area (Å²) in [5, 5.41) is 5.09. The Hall–Kier alpha value is -0.950. The third-order valence-corrected chi connectivity index (χ3v) is 5.24. The van der Waals surface area contributed by atoms with Crippen molar-refractivity contribution in [3.05, 3.63) is 35.9 Å². The van der Waals surface area contributed by atoms with Crippen LogP contribution >= 0.6 is 0 Å². The second-order valence-electron chi connectivity index (χ2n) is 6.40. The molecule has 1 aromatic carbocycles. The van der Waals surface area contributed by atoms with E-state index in [9.17, 15) is 8.42 Å². The number of nitrogens with zero attached hydrogens (tertiary/aromatic N) is 2. The summed E-state index contributed by atoms with van der Waals surface area (Å²) in [4.78, 5) is 4.62. The van der Waals surface area contributed by atoms with Crippen molar-refractivity contribution in [3.8, 4) is 0 Å². The van der Waals surface area contributed by atoms with Gasteiger partial charge in [-0.15, -0.1) is 0 Å². The number of hydrogen-bond acceptors (Lipinski definition) is 4. The van der Waals surface area contributed by atoms with Crippen LogP contribution in [-0.2, 0) is 16.6 Å². The van der Waals surface area contributed by atoms with E-state index in [0.717, 1.165) is 26.1 Å². The van der Waals surface area contributed by atoms with E-state index in [1.807, 2.05) is 13.1 Å². The zero-order valence-corrected chi connectivity index (χ0v) is 14.3. The topological polar surface area (TPSA) is 66.6 Å². The van der Waals surface area contributed by atoms with Crippen LogP contribution in [0.1, 0.15) is 18.9 Å². The molecule has 1 aliphatic rings. The summed E-state index contributed by atoms with van der Waals surface area (Å²) in [7, 11) is -1.38. The summed E-state index contributed by atoms with van der Waals surface area (Å²) >= 11 is 0. The number of likely N-dealkylation sites (tertiary alicyclic amines) is 1. The molecule has 0 aliphatic carbocycles. The van der Waals surface area contributed by atoms with E-state index in [1.54, 1.807) is 0 Å². The Kier molecular flexibility index (Phi) is 5.97. The van der Waals surface area contributed by atoms with Gasteiger partial charge >= 0.3 is 0 Å². The Balaban J connectivity index is 1.84. The molecule has 0 aromatic heterocycles. The predicted octanol–water partition coefficient (Wildman–Crippen LogP) is 1.12. The van der Waals surface area contributed by atoms with Crippen LogP contribution in [0.15, 0.2) is 30.3 Å². The molecule has 1 fully saturated rings. The first kappa shape index (κ1) is 17.4. The minimum Gasteiger partial charge on any atom is -0.302 e. The number of primary sulfonamides is 1. The van der Waals surface area contributed by atoms with Crippen molar-refractivity contribution < 1.29 is 8.42 Å². The molecule has 6 heteroatoms. The van der Waals surface area contributed by atoms with Gasteiger partial charge in [-0.25, -0.2) is 13.6 Å². The minimum absolute atomic E-state index is 0.0282. The Morgan fingerprint density at radius 2 is 2.00 bits per heavy atom. The van der Waals surface area contributed by atoms with E-state index in [2.05, 4.69) is 41.0 Å². The van der Waals surface area contributed by atoms with Crippen molar-refractivity contribution in [1.29, 1.82) is 0 Å². The van der Waals surface area contributed by atoms with Crippen molar-refractivity contribution >= 4 is 10.0 Å². The molecule has 2 N–H and O–H groups in total. The van der Waals surface area contributed by atoms with Crippen LogP contribution in [0.4, 0.5) is 0 Å². The molecule has 1 aromatic rings. The summed E-state index contributed by atoms with van der Waals surface area (Å²) in [5.41, 5.74) is 1.34. The maximum atomic E-state index is 11.1. The largest absolute Gasteiger partial charge is 0.302 e. The average Bonchev–Trinajstić information content (AvgIpc) is 2.45. The normalized spacial score (nSPS) is 23.8. The summed E-state index contributed by atoms with van der Waals surface area (Å²) < 4.78 is 22.2. The zero-order valence-electron chi connectivity index (χ0n) is 13.5. The third kappa shape index (κ3) is 5.35. The SMILES string of the molecule is C[C@@H]1CN(Cc2ccccc2)CC[C@@H]1N(C)CCS(N)(=O)=O. The van der Waals surface area contributed by atoms with E-state index in [4.69, 9.17) is 5.14 Å². The smallest absolute Gasteiger partial charge is 0.210 e. The standard InChI is InChI=1S/C16H27N3O2S/c1-14-12-19(13-15-6-4-3-5-7-15)9-8-16(14)18(2)10-11-22(17,20)21/h3-7,14,16H,8-13H2,1-2H3,(H2,17,20,21)/t14-,16+/m1/s1. The average molecular weight is 325 g/mol. The summed E-state index contributed by atoms with van der Waals surface area (Å²) in [5.74, 6) is 0.545. The number of rotatable bonds is 6. The molecule has 0 radical (unpaired) electrons. The molecule has 124 valence electrons. The molecule has 1 saturated heterocycles. The van der Waals surface area contributed by atoms with Crippen LogP contribution in [0.5, 0.6) is 0 Å². The van der Waals surface area contributed by atoms with E-state index in [-0.39, 0.29) is 5.75 Å². The minimum atomic E-state index is -3.38. The summed E-state index contributed by atoms with van der Waals surface area (Å²) in [6.07, 6.45) is 1.06. The third-order valence-electron chi connectivity index (χ3n) is 4.49. The molecule has 0 saturated carbocycles. The van der Waals surface area contributed by atoms with Gasteiger partial charge < -0.3 is 4.90 Å². The van der Waals surface area contributed by atoms with Crippen molar-refractivity contribution in [1.82, 2.24) is 9.80 Å². The number of piperidine rings is 1. The van der Waals surface area contributed by atoms with Crippen LogP contribution in [0.2, 0.25) is 0 Å². The molecule has 1 aliphatic heterocycles. The highest BCUT2D eigenvalue weighted by molar-refractivity contribution is 7.89. The van der Waals surface area contributed by atoms with Gasteiger partial charge in [0.15, 0.2) is 0 Å². The summed E-state index contributed by atoms with van der Waals surface area (Å²) in [6.45, 7) is 5.82. The van der Waals surface area contributed by atoms with E-state index in [0.29, 0.717) is 18.5 Å². The number of nitrogens with two attached hydrogens (primary N) is 1. The van der Waals surface area contributed by atoms with Gasteiger partial charge in [0, 0.05) is 25.7 Å². The lowest BCUT2D eigenvalue weighted by Gasteiger charge is -2.41. The highest BCUT2D eigenvalue weighted by Gasteiger charge is 2.29. The number of sulfonamides is 1. The van der Waals surface area contributed by atoms with Crippen LogP contribution in [0, 0.1) is 5.92 Å². The van der Waals surface area contributed by atoms with Gasteiger partial charge in [0.1, 0.15) is 0 Å². The van der Waals surface area contributed by atoms with Crippen molar-refractivity contribution in [2.45, 2.75) is 25.9 Å². The quantitative estimate of drug-likeness (QED) is 0.851. The second kappa shape index (κ2) is 7.55. The maximum absolute atomic E-state index is 11.1. The van der Waals surface area contributed by atoms with Gasteiger partial charge in [-0.3, -0.25) is 4.90 Å². The van der Waals surface area contributed by atoms with Crippen molar-refractivity contribution in [3.63, 3.8) is 0 Å². The molecule has 0 spiro atoms. The Labute approximate surface area is 134 Å². The number of hydrogen-bond donors (Lipinski definition) is 1. The van der Waals surface area contributed by atoms with Crippen LogP contribution in [-0.4, -0.2) is 56.7 Å². The van der Waals surface area contributed by atoms with E-state index < -0.39 is 10.0 Å². The monoisotopic (exact) mass is 325 g/mol. The number of benzene rings is 1. The maximum Gasteiger partial charge on any atom is 0.210 e. The lowest BCUT2D eigenvalue weighted by Crippen LogP contribution is -2.49. The van der Waals surface area contributed by atoms with Crippen LogP contribution in [0.3, 0.4) is 0 Å². The second-order valence-corrected chi connectivity index (χ2v) is 8.14. The van der Waals surface area contributed by atoms with Gasteiger partial charge in [-0.2, -0.15) is 0 Å². The fraction of sp³-hybridized carbons (Fsp3) is 0.625. The van der Waals surface area contributed by atoms with Gasteiger partial charge in [0.2, 0.25) is 10.0 Å². The first-order valence-corrected chi connectivity index (χ1v) is 9.53. The first-order valence-electron chi connectivity index (χ1n) is 7.82. The Morgan fingerprint density at radius 1 is 1.32 bits per heavy atom.